The van der Waals surface area contributed by atoms with E-state index in [1.807, 2.05) is 46.3 Å². The molecule has 6 rings (SSSR count). The van der Waals surface area contributed by atoms with Gasteiger partial charge in [-0.25, -0.2) is 15.0 Å². The zero-order chi connectivity index (χ0) is 24.1. The van der Waals surface area contributed by atoms with Crippen molar-refractivity contribution in [1.82, 2.24) is 19.4 Å². The van der Waals surface area contributed by atoms with Crippen LogP contribution in [0.5, 0.6) is 0 Å². The predicted molar refractivity (Wildman–Crippen MR) is 139 cm³/mol. The van der Waals surface area contributed by atoms with Crippen LogP contribution in [0.1, 0.15) is 37.4 Å². The van der Waals surface area contributed by atoms with Crippen LogP contribution in [0.15, 0.2) is 54.2 Å². The smallest absolute Gasteiger partial charge is 0.306 e. The van der Waals surface area contributed by atoms with Gasteiger partial charge in [-0.05, 0) is 55.3 Å². The third kappa shape index (κ3) is 3.83. The van der Waals surface area contributed by atoms with E-state index in [0.717, 1.165) is 45.7 Å². The number of halogens is 1. The number of fused-ring (bicyclic) bond motifs is 2. The highest BCUT2D eigenvalue weighted by Crippen LogP contribution is 2.41. The molecule has 3 N–H and O–H groups in total. The van der Waals surface area contributed by atoms with Gasteiger partial charge in [-0.2, -0.15) is 0 Å². The second-order valence-corrected chi connectivity index (χ2v) is 10.3. The standard InChI is InChI=1S/C26H22ClN5O2S/c27-18-12-16-7-8-19(21-2-1-11-35-21)30-20(16)13-17(18)22-23-24(28)29-9-10-32(23)25(31-22)14-3-5-15(6-4-14)26(33)34/h1-2,7-15H,3-6H2,(H2,28,29)(H,33,34). The van der Waals surface area contributed by atoms with Gasteiger partial charge in [0, 0.05) is 29.3 Å². The molecule has 0 amide bonds. The molecule has 0 aliphatic heterocycles. The fraction of sp³-hybridized carbons (Fsp3) is 0.231. The number of carboxylic acid groups (broad SMARTS) is 1. The maximum Gasteiger partial charge on any atom is 0.306 e. The number of nitrogen functional groups attached to an aromatic ring is 1. The molecule has 0 bridgehead atoms. The van der Waals surface area contributed by atoms with Crippen LogP contribution >= 0.6 is 22.9 Å². The van der Waals surface area contributed by atoms with Gasteiger partial charge in [-0.1, -0.05) is 23.7 Å². The van der Waals surface area contributed by atoms with E-state index in [-0.39, 0.29) is 11.8 Å². The Hall–Kier alpha value is -3.49. The molecule has 0 radical (unpaired) electrons. The SMILES string of the molecule is Nc1nccn2c(C3CCC(C(=O)O)CC3)nc(-c3cc4nc(-c5cccs5)ccc4cc3Cl)c12. The Morgan fingerprint density at radius 2 is 1.97 bits per heavy atom. The van der Waals surface area contributed by atoms with Crippen molar-refractivity contribution in [1.29, 1.82) is 0 Å². The van der Waals surface area contributed by atoms with Gasteiger partial charge in [0.05, 0.1) is 27.0 Å². The molecule has 1 saturated carbocycles. The normalized spacial score (nSPS) is 18.3. The lowest BCUT2D eigenvalue weighted by atomic mass is 9.81. The molecule has 35 heavy (non-hydrogen) atoms. The average Bonchev–Trinajstić information content (AvgIpc) is 3.53. The fourth-order valence-electron chi connectivity index (χ4n) is 5.05. The van der Waals surface area contributed by atoms with Crippen molar-refractivity contribution in [3.63, 3.8) is 0 Å². The number of carbonyl (C=O) groups is 1. The van der Waals surface area contributed by atoms with Crippen molar-refractivity contribution in [3.8, 4) is 21.8 Å². The van der Waals surface area contributed by atoms with Crippen LogP contribution in [-0.2, 0) is 4.79 Å². The van der Waals surface area contributed by atoms with E-state index in [2.05, 4.69) is 11.1 Å². The van der Waals surface area contributed by atoms with Crippen molar-refractivity contribution >= 4 is 51.1 Å². The van der Waals surface area contributed by atoms with Gasteiger partial charge in [0.25, 0.3) is 0 Å². The fourth-order valence-corrected chi connectivity index (χ4v) is 6.00. The second-order valence-electron chi connectivity index (χ2n) is 8.94. The highest BCUT2D eigenvalue weighted by molar-refractivity contribution is 7.13. The van der Waals surface area contributed by atoms with Crippen LogP contribution in [0.3, 0.4) is 0 Å². The lowest BCUT2D eigenvalue weighted by molar-refractivity contribution is -0.142. The molecule has 0 spiro atoms. The molecule has 176 valence electrons. The first-order valence-corrected chi connectivity index (χ1v) is 12.7. The molecule has 9 heteroatoms. The average molecular weight is 504 g/mol. The third-order valence-corrected chi connectivity index (χ3v) is 8.06. The molecule has 0 unspecified atom stereocenters. The lowest BCUT2D eigenvalue weighted by Gasteiger charge is -2.25. The maximum atomic E-state index is 11.4. The molecule has 7 nitrogen and oxygen atoms in total. The summed E-state index contributed by atoms with van der Waals surface area (Å²) >= 11 is 8.42. The minimum Gasteiger partial charge on any atom is -0.481 e. The van der Waals surface area contributed by atoms with Gasteiger partial charge in [-0.3, -0.25) is 9.20 Å². The van der Waals surface area contributed by atoms with Crippen LogP contribution < -0.4 is 5.73 Å². The summed E-state index contributed by atoms with van der Waals surface area (Å²) in [5, 5.41) is 12.9. The van der Waals surface area contributed by atoms with E-state index < -0.39 is 5.97 Å². The largest absolute Gasteiger partial charge is 0.481 e. The molecule has 1 aliphatic carbocycles. The Balaban J connectivity index is 1.48. The summed E-state index contributed by atoms with van der Waals surface area (Å²) in [6, 6.07) is 12.0. The maximum absolute atomic E-state index is 11.4. The number of imidazole rings is 1. The van der Waals surface area contributed by atoms with Crippen LogP contribution in [0.2, 0.25) is 5.02 Å². The molecule has 1 aliphatic rings. The number of nitrogens with two attached hydrogens (primary N) is 1. The Bertz CT molecular complexity index is 1570. The highest BCUT2D eigenvalue weighted by Gasteiger charge is 2.30. The third-order valence-electron chi connectivity index (χ3n) is 6.86. The van der Waals surface area contributed by atoms with Crippen molar-refractivity contribution in [2.24, 2.45) is 5.92 Å². The Labute approximate surface area is 210 Å². The summed E-state index contributed by atoms with van der Waals surface area (Å²) in [7, 11) is 0. The molecule has 4 heterocycles. The van der Waals surface area contributed by atoms with Crippen LogP contribution in [0.4, 0.5) is 5.82 Å². The predicted octanol–water partition coefficient (Wildman–Crippen LogP) is 6.27. The molecule has 0 atom stereocenters. The van der Waals surface area contributed by atoms with Gasteiger partial charge in [-0.15, -0.1) is 11.3 Å². The summed E-state index contributed by atoms with van der Waals surface area (Å²) in [5.41, 5.74) is 10.2. The summed E-state index contributed by atoms with van der Waals surface area (Å²) in [5.74, 6) is 0.364. The van der Waals surface area contributed by atoms with Crippen molar-refractivity contribution in [2.45, 2.75) is 31.6 Å². The van der Waals surface area contributed by atoms with E-state index in [0.29, 0.717) is 34.9 Å². The molecule has 1 fully saturated rings. The quantitative estimate of drug-likeness (QED) is 0.299. The van der Waals surface area contributed by atoms with E-state index in [1.165, 1.54) is 0 Å². The summed E-state index contributed by atoms with van der Waals surface area (Å²) in [4.78, 5) is 26.8. The van der Waals surface area contributed by atoms with Gasteiger partial charge < -0.3 is 10.8 Å². The van der Waals surface area contributed by atoms with Crippen molar-refractivity contribution in [2.75, 3.05) is 5.73 Å². The van der Waals surface area contributed by atoms with Gasteiger partial charge >= 0.3 is 5.97 Å². The Kier molecular flexibility index (Phi) is 5.42. The number of benzene rings is 1. The number of rotatable bonds is 4. The molecule has 0 saturated heterocycles. The zero-order valence-electron chi connectivity index (χ0n) is 18.7. The summed E-state index contributed by atoms with van der Waals surface area (Å²) < 4.78 is 1.99. The Morgan fingerprint density at radius 1 is 1.14 bits per heavy atom. The first kappa shape index (κ1) is 22.0. The monoisotopic (exact) mass is 503 g/mol. The number of thiophene rings is 1. The minimum atomic E-state index is -0.720. The number of pyridine rings is 1. The van der Waals surface area contributed by atoms with Crippen molar-refractivity contribution in [3.05, 3.63) is 65.0 Å². The molecular weight excluding hydrogens is 482 g/mol. The molecular formula is C26H22ClN5O2S. The lowest BCUT2D eigenvalue weighted by Crippen LogP contribution is -2.21. The number of aliphatic carboxylic acids is 1. The van der Waals surface area contributed by atoms with Crippen LogP contribution in [0, 0.1) is 5.92 Å². The Morgan fingerprint density at radius 3 is 2.71 bits per heavy atom. The van der Waals surface area contributed by atoms with Crippen LogP contribution in [-0.4, -0.2) is 30.4 Å². The minimum absolute atomic E-state index is 0.136. The number of carboxylic acids is 1. The number of nitrogens with zero attached hydrogens (tertiary/aromatic N) is 4. The summed E-state index contributed by atoms with van der Waals surface area (Å²) in [6.45, 7) is 0. The molecule has 4 aromatic heterocycles. The zero-order valence-corrected chi connectivity index (χ0v) is 20.3. The van der Waals surface area contributed by atoms with E-state index in [1.54, 1.807) is 17.5 Å². The van der Waals surface area contributed by atoms with E-state index in [4.69, 9.17) is 27.3 Å². The number of hydrogen-bond donors (Lipinski definition) is 2. The van der Waals surface area contributed by atoms with E-state index in [9.17, 15) is 9.90 Å². The van der Waals surface area contributed by atoms with Gasteiger partial charge in [0.15, 0.2) is 0 Å². The van der Waals surface area contributed by atoms with Crippen LogP contribution in [0.25, 0.3) is 38.2 Å². The molecule has 5 aromatic rings. The first-order valence-electron chi connectivity index (χ1n) is 11.5. The number of aromatic nitrogens is 4. The van der Waals surface area contributed by atoms with Gasteiger partial charge in [0.1, 0.15) is 22.9 Å². The van der Waals surface area contributed by atoms with E-state index >= 15 is 0 Å². The highest BCUT2D eigenvalue weighted by atomic mass is 35.5. The number of anilines is 1. The van der Waals surface area contributed by atoms with Crippen molar-refractivity contribution < 1.29 is 9.90 Å². The summed E-state index contributed by atoms with van der Waals surface area (Å²) in [6.07, 6.45) is 6.32. The first-order chi connectivity index (χ1) is 17.0. The van der Waals surface area contributed by atoms with Gasteiger partial charge in [0.2, 0.25) is 0 Å². The second kappa shape index (κ2) is 8.62. The molecule has 1 aromatic carbocycles. The number of hydrogen-bond acceptors (Lipinski definition) is 6. The topological polar surface area (TPSA) is 106 Å².